The predicted octanol–water partition coefficient (Wildman–Crippen LogP) is 4.63. The van der Waals surface area contributed by atoms with Crippen LogP contribution in [0.3, 0.4) is 0 Å². The lowest BCUT2D eigenvalue weighted by molar-refractivity contribution is -0.151. The molecule has 0 saturated heterocycles. The number of carboxylic acids is 1. The zero-order valence-electron chi connectivity index (χ0n) is 26.2. The summed E-state index contributed by atoms with van der Waals surface area (Å²) in [5.41, 5.74) is 5.87. The maximum absolute atomic E-state index is 12.6. The van der Waals surface area contributed by atoms with Crippen LogP contribution in [0, 0.1) is 11.8 Å². The van der Waals surface area contributed by atoms with Crippen LogP contribution in [-0.2, 0) is 23.9 Å². The smallest absolute Gasteiger partial charge is 0.405 e. The molecule has 1 amide bonds. The number of carbonyl (C=O) groups is 4. The Morgan fingerprint density at radius 1 is 1.02 bits per heavy atom. The molecule has 0 aromatic rings. The van der Waals surface area contributed by atoms with Crippen LogP contribution in [0.2, 0.25) is 0 Å². The van der Waals surface area contributed by atoms with Crippen LogP contribution in [0.5, 0.6) is 0 Å². The van der Waals surface area contributed by atoms with Crippen molar-refractivity contribution < 1.29 is 49.1 Å². The maximum atomic E-state index is 12.6. The fourth-order valence-electron chi connectivity index (χ4n) is 4.48. The van der Waals surface area contributed by atoms with Gasteiger partial charge in [0, 0.05) is 23.4 Å². The summed E-state index contributed by atoms with van der Waals surface area (Å²) >= 11 is 12.5. The quantitative estimate of drug-likeness (QED) is 0.0446. The van der Waals surface area contributed by atoms with Gasteiger partial charge in [-0.3, -0.25) is 9.59 Å². The number of halogens is 2. The number of primary amides is 1. The summed E-state index contributed by atoms with van der Waals surface area (Å²) in [4.78, 5) is 46.9. The summed E-state index contributed by atoms with van der Waals surface area (Å²) < 4.78 is 10.2. The van der Waals surface area contributed by atoms with Crippen molar-refractivity contribution >= 4 is 47.0 Å². The molecule has 1 aliphatic rings. The van der Waals surface area contributed by atoms with Crippen LogP contribution in [0.4, 0.5) is 4.79 Å². The summed E-state index contributed by atoms with van der Waals surface area (Å²) in [6.45, 7) is 5.16. The summed E-state index contributed by atoms with van der Waals surface area (Å²) in [5.74, 6) is -3.62. The molecule has 1 rings (SSSR count). The summed E-state index contributed by atoms with van der Waals surface area (Å²) in [6.07, 6.45) is 10.4. The average Bonchev–Trinajstić information content (AvgIpc) is 3.01. The summed E-state index contributed by atoms with van der Waals surface area (Å²) in [6, 6.07) is 0. The highest BCUT2D eigenvalue weighted by molar-refractivity contribution is 6.30. The molecule has 0 unspecified atom stereocenters. The van der Waals surface area contributed by atoms with E-state index in [9.17, 15) is 34.5 Å². The number of aliphatic hydroxyl groups excluding tert-OH is 3. The Hall–Kier alpha value is -3.22. The molecule has 256 valence electrons. The van der Waals surface area contributed by atoms with Crippen molar-refractivity contribution in [3.8, 4) is 0 Å². The van der Waals surface area contributed by atoms with Crippen molar-refractivity contribution in [3.05, 3.63) is 71.4 Å². The second-order valence-corrected chi connectivity index (χ2v) is 11.9. The van der Waals surface area contributed by atoms with Crippen LogP contribution < -0.4 is 5.73 Å². The number of rotatable bonds is 18. The topological polar surface area (TPSA) is 194 Å². The van der Waals surface area contributed by atoms with Gasteiger partial charge in [0.1, 0.15) is 23.7 Å². The third kappa shape index (κ3) is 15.4. The number of ether oxygens (including phenoxy) is 2. The number of aliphatic carboxylic acids is 1. The Morgan fingerprint density at radius 2 is 1.67 bits per heavy atom. The zero-order chi connectivity index (χ0) is 34.8. The molecule has 0 radical (unpaired) electrons. The molecule has 46 heavy (non-hydrogen) atoms. The predicted molar refractivity (Wildman–Crippen MR) is 175 cm³/mol. The number of hydrogen-bond donors (Lipinski definition) is 5. The number of amides is 1. The monoisotopic (exact) mass is 685 g/mol. The van der Waals surface area contributed by atoms with E-state index in [1.807, 2.05) is 13.8 Å². The number of allylic oxidation sites excluding steroid dienone is 9. The minimum absolute atomic E-state index is 0.154. The van der Waals surface area contributed by atoms with Crippen LogP contribution in [0.15, 0.2) is 71.4 Å². The van der Waals surface area contributed by atoms with Crippen LogP contribution in [-0.4, -0.2) is 80.1 Å². The largest absolute Gasteiger partial charge is 0.481 e. The van der Waals surface area contributed by atoms with Crippen molar-refractivity contribution in [2.45, 2.75) is 95.2 Å². The summed E-state index contributed by atoms with van der Waals surface area (Å²) in [7, 11) is 0. The Labute approximate surface area is 279 Å². The van der Waals surface area contributed by atoms with Crippen LogP contribution >= 0.6 is 23.2 Å². The highest BCUT2D eigenvalue weighted by atomic mass is 35.5. The lowest BCUT2D eigenvalue weighted by Crippen LogP contribution is -2.43. The molecule has 0 aromatic heterocycles. The van der Waals surface area contributed by atoms with E-state index in [2.05, 4.69) is 0 Å². The minimum atomic E-state index is -1.87. The average molecular weight is 687 g/mol. The molecule has 1 saturated carbocycles. The Kier molecular flexibility index (Phi) is 19.1. The van der Waals surface area contributed by atoms with E-state index in [1.54, 1.807) is 36.5 Å². The number of nitrogens with two attached hydrogens (primary N) is 1. The number of Topliss-reactive ketones (excluding diaryl/α,β-unsaturated/α-hetero) is 1. The van der Waals surface area contributed by atoms with Crippen molar-refractivity contribution in [2.75, 3.05) is 0 Å². The first kappa shape index (κ1) is 40.8. The van der Waals surface area contributed by atoms with Crippen molar-refractivity contribution in [1.82, 2.24) is 0 Å². The lowest BCUT2D eigenvalue weighted by Gasteiger charge is -2.26. The Balaban J connectivity index is 2.63. The number of alkyl halides is 1. The van der Waals surface area contributed by atoms with Gasteiger partial charge < -0.3 is 35.6 Å². The number of hydrogen-bond acceptors (Lipinski definition) is 9. The first-order valence-electron chi connectivity index (χ1n) is 15.0. The fraction of sp³-hybridized carbons (Fsp3) is 0.515. The van der Waals surface area contributed by atoms with E-state index in [0.29, 0.717) is 32.1 Å². The molecule has 6 N–H and O–H groups in total. The van der Waals surface area contributed by atoms with E-state index in [0.717, 1.165) is 5.57 Å². The van der Waals surface area contributed by atoms with E-state index >= 15 is 0 Å². The van der Waals surface area contributed by atoms with Gasteiger partial charge >= 0.3 is 18.0 Å². The van der Waals surface area contributed by atoms with Gasteiger partial charge in [0.25, 0.3) is 0 Å². The maximum Gasteiger partial charge on any atom is 0.405 e. The SMILES string of the molecule is CC/C=C/[C@@H](OC(N)=O)[C@@H](Cl)[C@H](O)CC(=O)[C@@H](O)[C@H](O)[C@H](C)/C(Cl)=C/C=C/C=C(C)/C=C/C=C/C(=O)O[C@H]1CCC[C@H](C(=O)O)C1. The van der Waals surface area contributed by atoms with Gasteiger partial charge in [-0.15, -0.1) is 11.6 Å². The summed E-state index contributed by atoms with van der Waals surface area (Å²) in [5, 5.41) is 39.4. The fourth-order valence-corrected chi connectivity index (χ4v) is 4.91. The number of carboxylic acid groups (broad SMARTS) is 1. The van der Waals surface area contributed by atoms with E-state index in [4.69, 9.17) is 43.5 Å². The molecule has 11 nitrogen and oxygen atoms in total. The first-order chi connectivity index (χ1) is 21.7. The van der Waals surface area contributed by atoms with Crippen LogP contribution in [0.1, 0.15) is 59.3 Å². The molecule has 1 fully saturated rings. The molecule has 0 aromatic carbocycles. The third-order valence-electron chi connectivity index (χ3n) is 7.19. The molecule has 1 aliphatic carbocycles. The lowest BCUT2D eigenvalue weighted by atomic mass is 9.87. The highest BCUT2D eigenvalue weighted by Crippen LogP contribution is 2.27. The number of aliphatic hydroxyl groups is 3. The molecule has 13 heteroatoms. The second kappa shape index (κ2) is 21.6. The molecular weight excluding hydrogens is 641 g/mol. The van der Waals surface area contributed by atoms with Gasteiger partial charge in [-0.1, -0.05) is 73.6 Å². The normalized spacial score (nSPS) is 22.1. The number of ketones is 1. The number of esters is 1. The second-order valence-electron chi connectivity index (χ2n) is 11.0. The molecule has 0 aliphatic heterocycles. The van der Waals surface area contributed by atoms with Crippen molar-refractivity contribution in [2.24, 2.45) is 17.6 Å². The van der Waals surface area contributed by atoms with Crippen LogP contribution in [0.25, 0.3) is 0 Å². The third-order valence-corrected chi connectivity index (χ3v) is 8.20. The first-order valence-corrected chi connectivity index (χ1v) is 15.8. The number of carbonyl (C=O) groups excluding carboxylic acids is 3. The van der Waals surface area contributed by atoms with E-state index in [1.165, 1.54) is 31.2 Å². The molecular formula is C33H45Cl2NO10. The van der Waals surface area contributed by atoms with Gasteiger partial charge in [-0.05, 0) is 51.2 Å². The van der Waals surface area contributed by atoms with E-state index < -0.39 is 78.0 Å². The Morgan fingerprint density at radius 3 is 2.30 bits per heavy atom. The molecule has 0 bridgehead atoms. The van der Waals surface area contributed by atoms with E-state index in [-0.39, 0.29) is 5.03 Å². The van der Waals surface area contributed by atoms with Gasteiger partial charge in [0.2, 0.25) is 0 Å². The molecule has 0 heterocycles. The molecule has 8 atom stereocenters. The van der Waals surface area contributed by atoms with Gasteiger partial charge in [-0.2, -0.15) is 0 Å². The zero-order valence-corrected chi connectivity index (χ0v) is 27.7. The molecule has 0 spiro atoms. The standard InChI is InChI=1S/C33H45Cl2NO10/c1-4-5-16-27(46-33(36)44)29(35)25(37)19-26(38)31(41)30(40)21(3)24(34)15-8-6-11-20(2)12-7-9-17-28(39)45-23-14-10-13-22(18-23)32(42)43/h5-9,11-12,15-17,21-23,25,27,29-31,37,40-41H,4,10,13-14,18-19H2,1-3H3,(H2,36,44)(H,42,43)/b8-6+,12-7+,16-5+,17-9+,20-11+,24-15-/t21-,22+,23+,25-,27-,29+,30-,31-/m1/s1. The van der Waals surface area contributed by atoms with Gasteiger partial charge in [-0.25, -0.2) is 9.59 Å². The van der Waals surface area contributed by atoms with Gasteiger partial charge in [0.15, 0.2) is 5.78 Å². The Bertz CT molecular complexity index is 1210. The minimum Gasteiger partial charge on any atom is -0.481 e. The highest BCUT2D eigenvalue weighted by Gasteiger charge is 2.35. The van der Waals surface area contributed by atoms with Gasteiger partial charge in [0.05, 0.1) is 18.1 Å². The van der Waals surface area contributed by atoms with Crippen molar-refractivity contribution in [1.29, 1.82) is 0 Å². The van der Waals surface area contributed by atoms with Crippen molar-refractivity contribution in [3.63, 3.8) is 0 Å².